The molecule has 0 spiro atoms. The van der Waals surface area contributed by atoms with Gasteiger partial charge >= 0.3 is 7.41 Å². The van der Waals surface area contributed by atoms with Crippen LogP contribution >= 0.6 is 11.6 Å². The van der Waals surface area contributed by atoms with Gasteiger partial charge in [-0.05, 0) is 42.0 Å². The molecular weight excluding hydrogens is 435 g/mol. The van der Waals surface area contributed by atoms with Crippen molar-refractivity contribution in [1.82, 2.24) is 15.0 Å². The van der Waals surface area contributed by atoms with Gasteiger partial charge in [0.2, 0.25) is 5.95 Å². The van der Waals surface area contributed by atoms with Gasteiger partial charge in [0.1, 0.15) is 12.3 Å². The number of benzene rings is 2. The Hall–Kier alpha value is -3.83. The van der Waals surface area contributed by atoms with E-state index in [1.807, 2.05) is 47.4 Å². The first-order chi connectivity index (χ1) is 15.9. The molecule has 161 valence electrons. The van der Waals surface area contributed by atoms with E-state index in [1.54, 1.807) is 6.20 Å². The van der Waals surface area contributed by atoms with Crippen molar-refractivity contribution in [3.05, 3.63) is 64.9 Å². The van der Waals surface area contributed by atoms with E-state index in [0.29, 0.717) is 28.8 Å². The monoisotopic (exact) mass is 453 g/mol. The Kier molecular flexibility index (Phi) is 5.07. The lowest BCUT2D eigenvalue weighted by Gasteiger charge is -2.20. The van der Waals surface area contributed by atoms with E-state index in [-0.39, 0.29) is 5.41 Å². The Balaban J connectivity index is 1.56. The molecule has 0 fully saturated rings. The van der Waals surface area contributed by atoms with E-state index in [4.69, 9.17) is 16.6 Å². The molecule has 0 saturated carbocycles. The molecule has 0 amide bonds. The summed E-state index contributed by atoms with van der Waals surface area (Å²) in [5, 5.41) is 14.7. The Morgan fingerprint density at radius 3 is 2.94 bits per heavy atom. The van der Waals surface area contributed by atoms with Crippen LogP contribution in [0.4, 0.5) is 17.3 Å². The quantitative estimate of drug-likeness (QED) is 0.333. The second-order valence-electron chi connectivity index (χ2n) is 8.61. The molecule has 2 N–H and O–H groups in total. The van der Waals surface area contributed by atoms with Crippen LogP contribution in [-0.2, 0) is 10.2 Å². The topological polar surface area (TPSA) is 97.7 Å². The van der Waals surface area contributed by atoms with Crippen molar-refractivity contribution in [2.45, 2.75) is 19.3 Å². The van der Waals surface area contributed by atoms with Crippen molar-refractivity contribution in [3.8, 4) is 17.3 Å². The molecule has 0 aliphatic carbocycles. The minimum atomic E-state index is -0.231. The maximum absolute atomic E-state index is 11.1. The minimum absolute atomic E-state index is 0.231. The molecule has 0 atom stereocenters. The van der Waals surface area contributed by atoms with Crippen LogP contribution in [0.3, 0.4) is 0 Å². The third-order valence-electron chi connectivity index (χ3n) is 5.88. The van der Waals surface area contributed by atoms with Crippen molar-refractivity contribution in [3.63, 3.8) is 0 Å². The zero-order valence-electron chi connectivity index (χ0n) is 18.1. The third kappa shape index (κ3) is 3.71. The highest BCUT2D eigenvalue weighted by Crippen LogP contribution is 2.44. The zero-order chi connectivity index (χ0) is 23.2. The normalized spacial score (nSPS) is 14.1. The van der Waals surface area contributed by atoms with E-state index in [1.165, 1.54) is 7.41 Å². The number of anilines is 3. The van der Waals surface area contributed by atoms with E-state index in [2.05, 4.69) is 35.2 Å². The minimum Gasteiger partial charge on any atom is -0.410 e. The summed E-state index contributed by atoms with van der Waals surface area (Å²) in [4.78, 5) is 25.2. The number of hydrogen-bond acceptors (Lipinski definition) is 6. The van der Waals surface area contributed by atoms with Crippen molar-refractivity contribution in [1.29, 1.82) is 5.26 Å². The standard InChI is InChI=1S/C24H19BClN6O/c1-24(2)12-32(25-13-33)22-15(11-27)7-14(8-18(22)24)19-4-6-29-23(30-19)31-21-10-16(26)9-20-17(21)3-5-28-20/h3-10,13,28H,12H2,1-2H3,(H,29,30,31). The van der Waals surface area contributed by atoms with Crippen LogP contribution in [0.2, 0.25) is 5.02 Å². The van der Waals surface area contributed by atoms with Crippen LogP contribution in [0, 0.1) is 11.3 Å². The number of hydrogen-bond donors (Lipinski definition) is 2. The molecule has 9 heteroatoms. The van der Waals surface area contributed by atoms with Gasteiger partial charge in [-0.1, -0.05) is 25.4 Å². The van der Waals surface area contributed by atoms with Gasteiger partial charge < -0.3 is 19.9 Å². The number of nitrogens with zero attached hydrogens (tertiary/aromatic N) is 4. The highest BCUT2D eigenvalue weighted by Gasteiger charge is 2.37. The Morgan fingerprint density at radius 1 is 1.30 bits per heavy atom. The van der Waals surface area contributed by atoms with Crippen LogP contribution in [0.5, 0.6) is 0 Å². The molecule has 2 aromatic carbocycles. The van der Waals surface area contributed by atoms with Gasteiger partial charge in [0.15, 0.2) is 0 Å². The molecule has 1 aliphatic rings. The van der Waals surface area contributed by atoms with Gasteiger partial charge in [-0.3, -0.25) is 0 Å². The summed E-state index contributed by atoms with van der Waals surface area (Å²) in [6, 6.07) is 13.6. The smallest absolute Gasteiger partial charge is 0.329 e. The summed E-state index contributed by atoms with van der Waals surface area (Å²) in [5.74, 6) is 0.423. The third-order valence-corrected chi connectivity index (χ3v) is 6.10. The first kappa shape index (κ1) is 21.0. The molecule has 5 rings (SSSR count). The number of H-pyrrole nitrogens is 1. The first-order valence-electron chi connectivity index (χ1n) is 10.4. The van der Waals surface area contributed by atoms with Gasteiger partial charge in [0.05, 0.1) is 16.9 Å². The molecule has 1 aliphatic heterocycles. The van der Waals surface area contributed by atoms with Crippen LogP contribution in [-0.4, -0.2) is 35.1 Å². The fourth-order valence-electron chi connectivity index (χ4n) is 4.42. The molecule has 0 bridgehead atoms. The van der Waals surface area contributed by atoms with Gasteiger partial charge in [0.25, 0.3) is 0 Å². The molecule has 33 heavy (non-hydrogen) atoms. The Morgan fingerprint density at radius 2 is 2.15 bits per heavy atom. The highest BCUT2D eigenvalue weighted by atomic mass is 35.5. The van der Waals surface area contributed by atoms with Crippen LogP contribution in [0.25, 0.3) is 22.2 Å². The number of fused-ring (bicyclic) bond motifs is 2. The molecule has 3 heterocycles. The Labute approximate surface area is 196 Å². The SMILES string of the molecule is CC1(C)CN([B]C=O)c2c(C#N)cc(-c3ccnc(Nc4cc(Cl)cc5[nH]ccc45)n3)cc21. The number of carbonyl (C=O) groups is 1. The highest BCUT2D eigenvalue weighted by molar-refractivity contribution is 6.70. The molecule has 2 aromatic heterocycles. The summed E-state index contributed by atoms with van der Waals surface area (Å²) in [7, 11) is 1.48. The van der Waals surface area contributed by atoms with E-state index >= 15 is 0 Å². The number of nitrogens with one attached hydrogen (secondary N) is 2. The number of carbonyl (C=O) groups excluding carboxylic acids is 1. The average Bonchev–Trinajstić information content (AvgIpc) is 3.36. The molecular formula is C24H19BClN6O. The number of aromatic amines is 1. The van der Waals surface area contributed by atoms with Crippen LogP contribution < -0.4 is 10.1 Å². The van der Waals surface area contributed by atoms with Crippen LogP contribution in [0.1, 0.15) is 25.0 Å². The molecule has 4 aromatic rings. The fraction of sp³-hybridized carbons (Fsp3) is 0.167. The predicted molar refractivity (Wildman–Crippen MR) is 132 cm³/mol. The summed E-state index contributed by atoms with van der Waals surface area (Å²) < 4.78 is 0. The summed E-state index contributed by atoms with van der Waals surface area (Å²) in [6.07, 6.45) is 4.28. The second kappa shape index (κ2) is 7.94. The van der Waals surface area contributed by atoms with Gasteiger partial charge in [-0.2, -0.15) is 5.26 Å². The van der Waals surface area contributed by atoms with Gasteiger partial charge in [-0.25, -0.2) is 9.97 Å². The first-order valence-corrected chi connectivity index (χ1v) is 10.8. The summed E-state index contributed by atoms with van der Waals surface area (Å²) >= 11 is 6.26. The number of halogens is 1. The molecule has 0 saturated heterocycles. The largest absolute Gasteiger partial charge is 0.410 e. The maximum atomic E-state index is 11.1. The van der Waals surface area contributed by atoms with E-state index in [9.17, 15) is 10.1 Å². The fourth-order valence-corrected chi connectivity index (χ4v) is 4.64. The van der Waals surface area contributed by atoms with Crippen molar-refractivity contribution in [2.24, 2.45) is 0 Å². The number of rotatable bonds is 5. The van der Waals surface area contributed by atoms with Gasteiger partial charge in [-0.15, -0.1) is 0 Å². The average molecular weight is 454 g/mol. The summed E-state index contributed by atoms with van der Waals surface area (Å²) in [6.45, 7) is 4.82. The lowest BCUT2D eigenvalue weighted by Crippen LogP contribution is -2.32. The second-order valence-corrected chi connectivity index (χ2v) is 9.05. The van der Waals surface area contributed by atoms with Crippen LogP contribution in [0.15, 0.2) is 48.8 Å². The molecule has 1 radical (unpaired) electrons. The van der Waals surface area contributed by atoms with E-state index in [0.717, 1.165) is 39.6 Å². The predicted octanol–water partition coefficient (Wildman–Crippen LogP) is 4.80. The maximum Gasteiger partial charge on any atom is 0.329 e. The number of nitriles is 1. The zero-order valence-corrected chi connectivity index (χ0v) is 18.8. The number of aromatic nitrogens is 3. The van der Waals surface area contributed by atoms with Crippen molar-refractivity contribution >= 4 is 53.4 Å². The van der Waals surface area contributed by atoms with E-state index < -0.39 is 0 Å². The lowest BCUT2D eigenvalue weighted by molar-refractivity contribution is 0.565. The van der Waals surface area contributed by atoms with Crippen molar-refractivity contribution < 1.29 is 4.79 Å². The van der Waals surface area contributed by atoms with Gasteiger partial charge in [0, 0.05) is 51.5 Å². The lowest BCUT2D eigenvalue weighted by atomic mass is 9.84. The Bertz CT molecular complexity index is 1440. The molecule has 7 nitrogen and oxygen atoms in total. The summed E-state index contributed by atoms with van der Waals surface area (Å²) in [5.41, 5.74) is 5.27. The molecule has 0 unspecified atom stereocenters. The van der Waals surface area contributed by atoms with Crippen molar-refractivity contribution in [2.75, 3.05) is 16.7 Å².